The lowest BCUT2D eigenvalue weighted by Gasteiger charge is -2.29. The number of pyridine rings is 1. The Hall–Kier alpha value is -3.10. The molecule has 2 N–H and O–H groups in total. The van der Waals surface area contributed by atoms with Crippen LogP contribution in [0.1, 0.15) is 51.8 Å². The van der Waals surface area contributed by atoms with Gasteiger partial charge in [0, 0.05) is 23.6 Å². The fourth-order valence-electron chi connectivity index (χ4n) is 4.39. The van der Waals surface area contributed by atoms with Gasteiger partial charge in [0.2, 0.25) is 0 Å². The van der Waals surface area contributed by atoms with Crippen molar-refractivity contribution in [3.63, 3.8) is 0 Å². The number of aliphatic hydroxyl groups is 1. The smallest absolute Gasteiger partial charge is 0.258 e. The lowest BCUT2D eigenvalue weighted by atomic mass is 10.0. The molecular weight excluding hydrogens is 467 g/mol. The number of hydrogen-bond acceptors (Lipinski definition) is 6. The highest BCUT2D eigenvalue weighted by Gasteiger charge is 2.38. The van der Waals surface area contributed by atoms with Gasteiger partial charge >= 0.3 is 0 Å². The molecule has 0 spiro atoms. The summed E-state index contributed by atoms with van der Waals surface area (Å²) in [5.74, 6) is -1.11. The molecule has 0 saturated carbocycles. The molecule has 2 heterocycles. The van der Waals surface area contributed by atoms with Crippen LogP contribution < -0.4 is 4.74 Å². The first-order valence-corrected chi connectivity index (χ1v) is 12.9. The molecule has 2 aromatic carbocycles. The highest BCUT2D eigenvalue weighted by molar-refractivity contribution is 7.97. The van der Waals surface area contributed by atoms with Crippen LogP contribution in [0.3, 0.4) is 0 Å². The fraction of sp³-hybridized carbons (Fsp3) is 0.333. The molecule has 1 fully saturated rings. The monoisotopic (exact) mass is 496 g/mol. The molecule has 4 rings (SSSR count). The number of phenols is 1. The molecule has 0 radical (unpaired) electrons. The number of aryl methyl sites for hydroxylation is 1. The molecule has 8 heteroatoms. The number of benzene rings is 2. The Labute approximate surface area is 208 Å². The van der Waals surface area contributed by atoms with Crippen LogP contribution in [0, 0.1) is 12.7 Å². The van der Waals surface area contributed by atoms with Crippen LogP contribution in [0.15, 0.2) is 54.6 Å². The topological polar surface area (TPSA) is 82.9 Å². The quantitative estimate of drug-likeness (QED) is 0.456. The van der Waals surface area contributed by atoms with Crippen molar-refractivity contribution in [1.82, 2.24) is 9.88 Å². The van der Waals surface area contributed by atoms with Gasteiger partial charge in [0.25, 0.3) is 5.91 Å². The number of nitrogens with zero attached hydrogens (tertiary/aromatic N) is 2. The van der Waals surface area contributed by atoms with Crippen molar-refractivity contribution < 1.29 is 24.1 Å². The second-order valence-corrected chi connectivity index (χ2v) is 9.50. The van der Waals surface area contributed by atoms with E-state index in [0.29, 0.717) is 54.4 Å². The van der Waals surface area contributed by atoms with Gasteiger partial charge in [0.1, 0.15) is 24.2 Å². The summed E-state index contributed by atoms with van der Waals surface area (Å²) < 4.78 is 20.6. The summed E-state index contributed by atoms with van der Waals surface area (Å²) in [7, 11) is 0. The number of aliphatic hydroxyl groups excluding tert-OH is 1. The summed E-state index contributed by atoms with van der Waals surface area (Å²) in [4.78, 5) is 19.4. The number of likely N-dealkylation sites (tertiary alicyclic amines) is 1. The molecule has 3 aromatic rings. The predicted octanol–water partition coefficient (Wildman–Crippen LogP) is 5.01. The van der Waals surface area contributed by atoms with Crippen molar-refractivity contribution >= 4 is 17.7 Å². The number of hydrogen-bond donors (Lipinski definition) is 2. The molecule has 1 amide bonds. The van der Waals surface area contributed by atoms with Gasteiger partial charge in [-0.15, -0.1) is 0 Å². The van der Waals surface area contributed by atoms with Crippen molar-refractivity contribution in [2.24, 2.45) is 0 Å². The third-order valence-electron chi connectivity index (χ3n) is 6.19. The molecule has 0 aliphatic carbocycles. The summed E-state index contributed by atoms with van der Waals surface area (Å²) in [5, 5.41) is 21.8. The number of rotatable bonds is 8. The van der Waals surface area contributed by atoms with Crippen LogP contribution in [0.5, 0.6) is 11.5 Å². The van der Waals surface area contributed by atoms with E-state index >= 15 is 0 Å². The number of aromatic hydroxyl groups is 1. The molecule has 2 unspecified atom stereocenters. The maximum atomic E-state index is 14.6. The highest BCUT2D eigenvalue weighted by atomic mass is 32.2. The maximum Gasteiger partial charge on any atom is 0.258 e. The number of carbonyl (C=O) groups excluding carboxylic acids is 1. The minimum atomic E-state index is -1.10. The normalized spacial score (nSPS) is 16.3. The average Bonchev–Trinajstić information content (AvgIpc) is 3.36. The van der Waals surface area contributed by atoms with E-state index in [9.17, 15) is 19.4 Å². The minimum absolute atomic E-state index is 0.107. The molecule has 1 aliphatic rings. The first-order chi connectivity index (χ1) is 16.9. The number of phenolic OH excluding ortho intramolecular Hbond substituents is 1. The van der Waals surface area contributed by atoms with E-state index in [1.54, 1.807) is 6.07 Å². The zero-order valence-electron chi connectivity index (χ0n) is 19.8. The summed E-state index contributed by atoms with van der Waals surface area (Å²) in [6.45, 7) is 2.53. The summed E-state index contributed by atoms with van der Waals surface area (Å²) in [5.41, 5.74) is 2.29. The number of amides is 1. The number of carbonyl (C=O) groups is 1. The van der Waals surface area contributed by atoms with Crippen molar-refractivity contribution in [2.45, 2.75) is 44.3 Å². The van der Waals surface area contributed by atoms with Crippen molar-refractivity contribution in [3.8, 4) is 11.5 Å². The first-order valence-electron chi connectivity index (χ1n) is 11.5. The van der Waals surface area contributed by atoms with E-state index in [4.69, 9.17) is 4.74 Å². The second-order valence-electron chi connectivity index (χ2n) is 8.63. The van der Waals surface area contributed by atoms with Crippen LogP contribution >= 0.6 is 11.8 Å². The van der Waals surface area contributed by atoms with E-state index in [0.717, 1.165) is 5.56 Å². The molecule has 35 heavy (non-hydrogen) atoms. The van der Waals surface area contributed by atoms with E-state index in [1.807, 2.05) is 49.6 Å². The van der Waals surface area contributed by atoms with Crippen molar-refractivity contribution in [2.75, 3.05) is 12.8 Å². The predicted molar refractivity (Wildman–Crippen MR) is 134 cm³/mol. The zero-order chi connectivity index (χ0) is 24.9. The van der Waals surface area contributed by atoms with Crippen LogP contribution in [0.2, 0.25) is 0 Å². The van der Waals surface area contributed by atoms with Crippen molar-refractivity contribution in [3.05, 3.63) is 88.5 Å². The van der Waals surface area contributed by atoms with E-state index in [-0.39, 0.29) is 5.56 Å². The summed E-state index contributed by atoms with van der Waals surface area (Å²) in [6, 6.07) is 15.7. The Kier molecular flexibility index (Phi) is 7.93. The second kappa shape index (κ2) is 11.1. The minimum Gasteiger partial charge on any atom is -0.504 e. The third kappa shape index (κ3) is 5.44. The summed E-state index contributed by atoms with van der Waals surface area (Å²) in [6.07, 6.45) is 1.96. The van der Waals surface area contributed by atoms with E-state index in [1.165, 1.54) is 28.8 Å². The van der Waals surface area contributed by atoms with Crippen molar-refractivity contribution in [1.29, 1.82) is 0 Å². The van der Waals surface area contributed by atoms with Crippen LogP contribution in [-0.2, 0) is 12.4 Å². The first kappa shape index (κ1) is 25.0. The van der Waals surface area contributed by atoms with Crippen LogP contribution in [0.4, 0.5) is 4.39 Å². The van der Waals surface area contributed by atoms with Gasteiger partial charge in [0.05, 0.1) is 11.6 Å². The lowest BCUT2D eigenvalue weighted by Crippen LogP contribution is -2.39. The van der Waals surface area contributed by atoms with Gasteiger partial charge in [-0.1, -0.05) is 36.4 Å². The van der Waals surface area contributed by atoms with Gasteiger partial charge in [-0.2, -0.15) is 11.8 Å². The Morgan fingerprint density at radius 2 is 2.00 bits per heavy atom. The third-order valence-corrected chi connectivity index (χ3v) is 6.79. The highest BCUT2D eigenvalue weighted by Crippen LogP contribution is 2.36. The Morgan fingerprint density at radius 3 is 2.74 bits per heavy atom. The molecule has 0 bridgehead atoms. The number of aromatic nitrogens is 1. The Balaban J connectivity index is 1.58. The summed E-state index contributed by atoms with van der Waals surface area (Å²) >= 11 is 1.43. The van der Waals surface area contributed by atoms with Gasteiger partial charge in [-0.05, 0) is 49.8 Å². The Morgan fingerprint density at radius 1 is 1.23 bits per heavy atom. The average molecular weight is 497 g/mol. The van der Waals surface area contributed by atoms with Gasteiger partial charge in [0.15, 0.2) is 11.6 Å². The van der Waals surface area contributed by atoms with Gasteiger partial charge < -0.3 is 19.8 Å². The number of ether oxygens (including phenoxy) is 1. The molecule has 184 valence electrons. The van der Waals surface area contributed by atoms with Crippen LogP contribution in [0.25, 0.3) is 0 Å². The molecule has 1 aromatic heterocycles. The molecule has 1 saturated heterocycles. The zero-order valence-corrected chi connectivity index (χ0v) is 20.6. The maximum absolute atomic E-state index is 14.6. The Bertz CT molecular complexity index is 1190. The largest absolute Gasteiger partial charge is 0.504 e. The standard InChI is InChI=1S/C27H29FN2O4S/c1-17-10-13-22(34-15-18-7-4-3-5-8-18)24(29-17)26(32)21-9-6-14-30(21)27(33)20-12-11-19(16-35-2)23(28)25(20)31/h3-5,7-8,10-13,21,26,31-32H,6,9,14-16H2,1-2H3. The van der Waals surface area contributed by atoms with Crippen LogP contribution in [-0.4, -0.2) is 44.8 Å². The van der Waals surface area contributed by atoms with Gasteiger partial charge in [-0.25, -0.2) is 4.39 Å². The van der Waals surface area contributed by atoms with E-state index in [2.05, 4.69) is 4.98 Å². The number of halogens is 1. The number of thioether (sulfide) groups is 1. The van der Waals surface area contributed by atoms with Gasteiger partial charge in [-0.3, -0.25) is 9.78 Å². The van der Waals surface area contributed by atoms with E-state index < -0.39 is 29.6 Å². The molecule has 1 aliphatic heterocycles. The molecular formula is C27H29FN2O4S. The SMILES string of the molecule is CSCc1ccc(C(=O)N2CCCC2C(O)c2nc(C)ccc2OCc2ccccc2)c(O)c1F. The molecule has 6 nitrogen and oxygen atoms in total. The fourth-order valence-corrected chi connectivity index (χ4v) is 4.92. The lowest BCUT2D eigenvalue weighted by molar-refractivity contribution is 0.0459. The molecule has 2 atom stereocenters.